The molecule has 0 unspecified atom stereocenters. The fourth-order valence-corrected chi connectivity index (χ4v) is 1.29. The van der Waals surface area contributed by atoms with Crippen LogP contribution in [0.5, 0.6) is 0 Å². The maximum atomic E-state index is 11.2. The fourth-order valence-electron chi connectivity index (χ4n) is 1.29. The highest BCUT2D eigenvalue weighted by atomic mass is 16.7. The Morgan fingerprint density at radius 2 is 2.06 bits per heavy atom. The maximum absolute atomic E-state index is 11.2. The highest BCUT2D eigenvalue weighted by Crippen LogP contribution is 2.23. The molecule has 9 heteroatoms. The molecule has 0 radical (unpaired) electrons. The van der Waals surface area contributed by atoms with E-state index in [1.165, 1.54) is 0 Å². The molecule has 0 spiro atoms. The van der Waals surface area contributed by atoms with Crippen molar-refractivity contribution in [2.75, 3.05) is 5.43 Å². The Labute approximate surface area is 89.2 Å². The van der Waals surface area contributed by atoms with Crippen molar-refractivity contribution in [1.82, 2.24) is 0 Å². The summed E-state index contributed by atoms with van der Waals surface area (Å²) < 4.78 is 0.189. The van der Waals surface area contributed by atoms with E-state index in [1.807, 2.05) is 0 Å². The van der Waals surface area contributed by atoms with Crippen LogP contribution in [0.2, 0.25) is 0 Å². The molecule has 0 saturated carbocycles. The van der Waals surface area contributed by atoms with Crippen molar-refractivity contribution in [3.8, 4) is 0 Å². The van der Waals surface area contributed by atoms with Crippen LogP contribution in [0.4, 0.5) is 11.5 Å². The van der Waals surface area contributed by atoms with Crippen molar-refractivity contribution in [1.29, 1.82) is 0 Å². The van der Waals surface area contributed by atoms with E-state index < -0.39 is 15.8 Å². The quantitative estimate of drug-likeness (QED) is 0.344. The van der Waals surface area contributed by atoms with Gasteiger partial charge < -0.3 is 5.21 Å². The summed E-state index contributed by atoms with van der Waals surface area (Å²) in [4.78, 5) is 20.2. The van der Waals surface area contributed by atoms with Gasteiger partial charge in [0.2, 0.25) is 5.03 Å². The van der Waals surface area contributed by atoms with Crippen LogP contribution in [0.15, 0.2) is 12.3 Å². The van der Waals surface area contributed by atoms with Crippen molar-refractivity contribution in [3.63, 3.8) is 0 Å². The number of pyridine rings is 1. The van der Waals surface area contributed by atoms with Gasteiger partial charge in [-0.2, -0.15) is 0 Å². The summed E-state index contributed by atoms with van der Waals surface area (Å²) in [6, 6.07) is 1.01. The lowest BCUT2D eigenvalue weighted by atomic mass is 10.1. The predicted octanol–water partition coefficient (Wildman–Crippen LogP) is 0.394. The van der Waals surface area contributed by atoms with E-state index in [9.17, 15) is 25.4 Å². The zero-order chi connectivity index (χ0) is 12.3. The third-order valence-electron chi connectivity index (χ3n) is 1.93. The van der Waals surface area contributed by atoms with E-state index in [0.29, 0.717) is 0 Å². The monoisotopic (exact) mass is 228 g/mol. The molecule has 0 saturated heterocycles. The summed E-state index contributed by atoms with van der Waals surface area (Å²) in [5.41, 5.74) is 1.33. The summed E-state index contributed by atoms with van der Waals surface area (Å²) in [5.74, 6) is -0.429. The Morgan fingerprint density at radius 1 is 1.44 bits per heavy atom. The maximum Gasteiger partial charge on any atom is 0.352 e. The second-order valence-electron chi connectivity index (χ2n) is 2.83. The van der Waals surface area contributed by atoms with Crippen LogP contribution in [0.1, 0.15) is 12.5 Å². The van der Waals surface area contributed by atoms with E-state index in [-0.39, 0.29) is 22.4 Å². The average molecular weight is 228 g/mol. The van der Waals surface area contributed by atoms with Gasteiger partial charge in [0, 0.05) is 5.43 Å². The van der Waals surface area contributed by atoms with Crippen molar-refractivity contribution in [3.05, 3.63) is 43.3 Å². The van der Waals surface area contributed by atoms with E-state index >= 15 is 0 Å². The van der Waals surface area contributed by atoms with E-state index in [4.69, 9.17) is 0 Å². The van der Waals surface area contributed by atoms with Gasteiger partial charge in [-0.1, -0.05) is 6.92 Å². The molecule has 0 bridgehead atoms. The third kappa shape index (κ3) is 2.13. The van der Waals surface area contributed by atoms with Crippen LogP contribution in [-0.4, -0.2) is 9.96 Å². The van der Waals surface area contributed by atoms with Gasteiger partial charge in [0.05, 0.1) is 11.0 Å². The molecule has 86 valence electrons. The molecule has 0 aliphatic rings. The van der Waals surface area contributed by atoms with Gasteiger partial charge in [-0.15, -0.1) is 0 Å². The van der Waals surface area contributed by atoms with Crippen LogP contribution in [0, 0.1) is 25.4 Å². The molecule has 16 heavy (non-hydrogen) atoms. The lowest BCUT2D eigenvalue weighted by Crippen LogP contribution is -2.33. The van der Waals surface area contributed by atoms with Crippen molar-refractivity contribution in [2.24, 2.45) is 0 Å². The summed E-state index contributed by atoms with van der Waals surface area (Å²) in [6.45, 7) is 1.56. The fraction of sp³-hybridized carbons (Fsp3) is 0.286. The molecule has 1 rings (SSSR count). The highest BCUT2D eigenvalue weighted by Gasteiger charge is 2.26. The minimum Gasteiger partial charge on any atom is -0.710 e. The van der Waals surface area contributed by atoms with Gasteiger partial charge in [0.1, 0.15) is 11.8 Å². The normalized spacial score (nSPS) is 9.81. The van der Waals surface area contributed by atoms with E-state index in [2.05, 4.69) is 0 Å². The minimum atomic E-state index is -0.938. The number of anilines is 1. The van der Waals surface area contributed by atoms with Crippen molar-refractivity contribution < 1.29 is 14.7 Å². The molecule has 1 aromatic heterocycles. The molecule has 0 aliphatic carbocycles. The van der Waals surface area contributed by atoms with Gasteiger partial charge in [-0.05, 0) is 6.42 Å². The Balaban J connectivity index is 3.37. The number of hydrogen-bond donors (Lipinski definition) is 1. The zero-order valence-corrected chi connectivity index (χ0v) is 8.24. The lowest BCUT2D eigenvalue weighted by Gasteiger charge is -2.07. The summed E-state index contributed by atoms with van der Waals surface area (Å²) in [7, 11) is 0. The van der Waals surface area contributed by atoms with Crippen LogP contribution < -0.4 is 10.2 Å². The molecule has 1 N–H and O–H groups in total. The first-order valence-corrected chi connectivity index (χ1v) is 4.27. The number of nitrogens with one attached hydrogen (secondary N) is 1. The third-order valence-corrected chi connectivity index (χ3v) is 1.93. The van der Waals surface area contributed by atoms with E-state index in [1.54, 1.807) is 12.3 Å². The van der Waals surface area contributed by atoms with Crippen LogP contribution in [0.3, 0.4) is 0 Å². The largest absolute Gasteiger partial charge is 0.710 e. The number of rotatable bonds is 4. The lowest BCUT2D eigenvalue weighted by molar-refractivity contribution is -0.603. The molecule has 1 heterocycles. The topological polar surface area (TPSA) is 125 Å². The van der Waals surface area contributed by atoms with Gasteiger partial charge >= 0.3 is 5.82 Å². The van der Waals surface area contributed by atoms with Crippen LogP contribution >= 0.6 is 0 Å². The predicted molar refractivity (Wildman–Crippen MR) is 52.1 cm³/mol. The van der Waals surface area contributed by atoms with Crippen LogP contribution in [0.25, 0.3) is 0 Å². The SMILES string of the molecule is CCc1c([N+](=O)[O-])cc[n+]([O-])c1N[N+](=O)[O-]. The molecular weight excluding hydrogens is 220 g/mol. The number of aromatic nitrogens is 1. The van der Waals surface area contributed by atoms with Crippen LogP contribution in [-0.2, 0) is 6.42 Å². The van der Waals surface area contributed by atoms with Crippen molar-refractivity contribution in [2.45, 2.75) is 13.3 Å². The number of hydrogen-bond acceptors (Lipinski definition) is 5. The summed E-state index contributed by atoms with van der Waals surface area (Å²) in [6.07, 6.45) is 0.985. The summed E-state index contributed by atoms with van der Waals surface area (Å²) >= 11 is 0. The van der Waals surface area contributed by atoms with Gasteiger partial charge in [-0.3, -0.25) is 10.1 Å². The number of nitro groups is 2. The van der Waals surface area contributed by atoms with E-state index in [0.717, 1.165) is 12.3 Å². The molecule has 0 amide bonds. The molecule has 0 aliphatic heterocycles. The van der Waals surface area contributed by atoms with Gasteiger partial charge in [0.15, 0.2) is 0 Å². The molecule has 9 nitrogen and oxygen atoms in total. The molecule has 0 aromatic carbocycles. The first-order chi connectivity index (χ1) is 7.47. The molecule has 0 atom stereocenters. The number of nitrogens with zero attached hydrogens (tertiary/aromatic N) is 3. The minimum absolute atomic E-state index is 0.000741. The second-order valence-corrected chi connectivity index (χ2v) is 2.83. The zero-order valence-electron chi connectivity index (χ0n) is 8.24. The molecule has 1 aromatic rings. The Morgan fingerprint density at radius 3 is 2.50 bits per heavy atom. The molecule has 0 fully saturated rings. The highest BCUT2D eigenvalue weighted by molar-refractivity contribution is 5.50. The van der Waals surface area contributed by atoms with Crippen molar-refractivity contribution >= 4 is 11.5 Å². The Kier molecular flexibility index (Phi) is 3.18. The second kappa shape index (κ2) is 4.38. The standard InChI is InChI=1S/C7H8N4O5/c1-2-5-6(10(13)14)3-4-9(12)7(5)8-11(15)16/h3-4,8H,2H2,1H3. The smallest absolute Gasteiger partial charge is 0.352 e. The average Bonchev–Trinajstić information content (AvgIpc) is 2.19. The first kappa shape index (κ1) is 11.6. The van der Waals surface area contributed by atoms with Gasteiger partial charge in [0.25, 0.3) is 5.69 Å². The first-order valence-electron chi connectivity index (χ1n) is 4.27. The number of hydrazine groups is 1. The summed E-state index contributed by atoms with van der Waals surface area (Å²) in [5, 5.41) is 31.2. The van der Waals surface area contributed by atoms with Gasteiger partial charge in [-0.25, -0.2) is 14.8 Å². The Hall–Kier alpha value is -2.45. The molecular formula is C7H8N4O5. The Bertz CT molecular complexity index is 447.